The van der Waals surface area contributed by atoms with Crippen molar-refractivity contribution in [2.75, 3.05) is 38.0 Å². The predicted molar refractivity (Wildman–Crippen MR) is 138 cm³/mol. The fourth-order valence-electron chi connectivity index (χ4n) is 3.72. The Morgan fingerprint density at radius 1 is 0.656 bits per heavy atom. The van der Waals surface area contributed by atoms with Crippen molar-refractivity contribution in [3.63, 3.8) is 0 Å². The average molecular weight is 423 g/mol. The average Bonchev–Trinajstić information content (AvgIpc) is 3.25. The number of nitrogens with zero attached hydrogens (tertiary/aromatic N) is 3. The van der Waals surface area contributed by atoms with E-state index in [0.29, 0.717) is 0 Å². The molecule has 0 aliphatic carbocycles. The molecule has 0 amide bonds. The predicted octanol–water partition coefficient (Wildman–Crippen LogP) is 6.58. The van der Waals surface area contributed by atoms with Gasteiger partial charge in [-0.2, -0.15) is 0 Å². The van der Waals surface area contributed by atoms with Gasteiger partial charge in [-0.15, -0.1) is 0 Å². The number of benzene rings is 3. The third-order valence-corrected chi connectivity index (χ3v) is 5.58. The van der Waals surface area contributed by atoms with Gasteiger partial charge in [0.05, 0.1) is 11.4 Å². The molecule has 4 aromatic rings. The lowest BCUT2D eigenvalue weighted by Crippen LogP contribution is -2.08. The first-order valence-corrected chi connectivity index (χ1v) is 10.8. The summed E-state index contributed by atoms with van der Waals surface area (Å²) in [5.74, 6) is 0.871. The van der Waals surface area contributed by atoms with Crippen molar-refractivity contribution in [1.29, 1.82) is 0 Å². The fourth-order valence-corrected chi connectivity index (χ4v) is 3.72. The molecule has 32 heavy (non-hydrogen) atoms. The van der Waals surface area contributed by atoms with Crippen LogP contribution in [-0.4, -0.2) is 38.2 Å². The van der Waals surface area contributed by atoms with Gasteiger partial charge in [0.2, 0.25) is 0 Å². The maximum absolute atomic E-state index is 5.04. The molecule has 0 aliphatic rings. The van der Waals surface area contributed by atoms with Crippen molar-refractivity contribution in [2.45, 2.75) is 6.92 Å². The maximum atomic E-state index is 5.04. The number of hydrogen-bond donors (Lipinski definition) is 1. The first-order chi connectivity index (χ1) is 15.5. The molecule has 0 fully saturated rings. The Labute approximate surface area is 190 Å². The van der Waals surface area contributed by atoms with Crippen molar-refractivity contribution in [3.05, 3.63) is 84.4 Å². The van der Waals surface area contributed by atoms with E-state index in [1.54, 1.807) is 0 Å². The zero-order valence-corrected chi connectivity index (χ0v) is 19.4. The van der Waals surface area contributed by atoms with Crippen LogP contribution < -0.4 is 9.80 Å². The van der Waals surface area contributed by atoms with Gasteiger partial charge < -0.3 is 14.8 Å². The van der Waals surface area contributed by atoms with Crippen LogP contribution in [0.4, 0.5) is 11.4 Å². The largest absolute Gasteiger partial charge is 0.378 e. The van der Waals surface area contributed by atoms with Crippen LogP contribution in [0.15, 0.2) is 78.9 Å². The van der Waals surface area contributed by atoms with E-state index in [4.69, 9.17) is 4.98 Å². The standard InChI is InChI=1S/C28H30N4/c1-6-7-20-8-10-23(11-9-20)28-29-26(21-12-16-24(17-13-21)31(2)3)27(30-28)22-14-18-25(19-15-22)32(4)5/h6-19H,1-5H3,(H,29,30)/b7-6+. The van der Waals surface area contributed by atoms with Gasteiger partial charge >= 0.3 is 0 Å². The van der Waals surface area contributed by atoms with Crippen molar-refractivity contribution >= 4 is 17.5 Å². The number of anilines is 2. The van der Waals surface area contributed by atoms with Gasteiger partial charge in [-0.05, 0) is 36.8 Å². The SMILES string of the molecule is C/C=C/c1ccc(-c2nc(-c3ccc(N(C)C)cc3)c(-c3ccc(N(C)C)cc3)[nH]2)cc1. The van der Waals surface area contributed by atoms with Gasteiger partial charge in [0.15, 0.2) is 0 Å². The van der Waals surface area contributed by atoms with Crippen LogP contribution in [0.25, 0.3) is 40.0 Å². The number of rotatable bonds is 6. The molecule has 162 valence electrons. The number of aromatic nitrogens is 2. The highest BCUT2D eigenvalue weighted by Crippen LogP contribution is 2.34. The minimum atomic E-state index is 0.871. The van der Waals surface area contributed by atoms with Gasteiger partial charge in [0.25, 0.3) is 0 Å². The summed E-state index contributed by atoms with van der Waals surface area (Å²) in [5.41, 5.74) is 8.79. The van der Waals surface area contributed by atoms with Crippen LogP contribution in [0.5, 0.6) is 0 Å². The lowest BCUT2D eigenvalue weighted by Gasteiger charge is -2.13. The highest BCUT2D eigenvalue weighted by molar-refractivity contribution is 5.82. The Hall–Kier alpha value is -3.79. The molecule has 4 nitrogen and oxygen atoms in total. The molecule has 0 aliphatic heterocycles. The summed E-state index contributed by atoms with van der Waals surface area (Å²) in [6.45, 7) is 2.03. The van der Waals surface area contributed by atoms with E-state index in [1.165, 1.54) is 16.9 Å². The number of imidazole rings is 1. The molecule has 0 radical (unpaired) electrons. The van der Waals surface area contributed by atoms with E-state index in [0.717, 1.165) is 33.9 Å². The zero-order chi connectivity index (χ0) is 22.7. The third kappa shape index (κ3) is 4.45. The van der Waals surface area contributed by atoms with E-state index in [9.17, 15) is 0 Å². The van der Waals surface area contributed by atoms with Gasteiger partial charge in [-0.1, -0.05) is 60.7 Å². The van der Waals surface area contributed by atoms with Gasteiger partial charge in [0.1, 0.15) is 5.82 Å². The molecule has 0 saturated heterocycles. The number of aromatic amines is 1. The van der Waals surface area contributed by atoms with Crippen LogP contribution in [0.3, 0.4) is 0 Å². The number of H-pyrrole nitrogens is 1. The summed E-state index contributed by atoms with van der Waals surface area (Å²) in [4.78, 5) is 12.8. The lowest BCUT2D eigenvalue weighted by molar-refractivity contribution is 1.13. The summed E-state index contributed by atoms with van der Waals surface area (Å²) in [5, 5.41) is 0. The number of allylic oxidation sites excluding steroid dienone is 1. The molecule has 4 heteroatoms. The molecular formula is C28H30N4. The highest BCUT2D eigenvalue weighted by atomic mass is 15.1. The normalized spacial score (nSPS) is 11.2. The molecule has 0 atom stereocenters. The Morgan fingerprint density at radius 2 is 1.16 bits per heavy atom. The van der Waals surface area contributed by atoms with E-state index >= 15 is 0 Å². The second-order valence-electron chi connectivity index (χ2n) is 8.31. The molecule has 3 aromatic carbocycles. The van der Waals surface area contributed by atoms with Crippen molar-refractivity contribution in [2.24, 2.45) is 0 Å². The molecule has 0 unspecified atom stereocenters. The summed E-state index contributed by atoms with van der Waals surface area (Å²) < 4.78 is 0. The van der Waals surface area contributed by atoms with Gasteiger partial charge in [-0.3, -0.25) is 0 Å². The maximum Gasteiger partial charge on any atom is 0.138 e. The van der Waals surface area contributed by atoms with E-state index in [-0.39, 0.29) is 0 Å². The van der Waals surface area contributed by atoms with Crippen molar-refractivity contribution in [3.8, 4) is 33.9 Å². The zero-order valence-electron chi connectivity index (χ0n) is 19.4. The highest BCUT2D eigenvalue weighted by Gasteiger charge is 2.16. The number of nitrogens with one attached hydrogen (secondary N) is 1. The van der Waals surface area contributed by atoms with E-state index < -0.39 is 0 Å². The topological polar surface area (TPSA) is 35.2 Å². The van der Waals surface area contributed by atoms with E-state index in [2.05, 4.69) is 122 Å². The quantitative estimate of drug-likeness (QED) is 0.381. The summed E-state index contributed by atoms with van der Waals surface area (Å²) in [6, 6.07) is 25.6. The van der Waals surface area contributed by atoms with Crippen molar-refractivity contribution in [1.82, 2.24) is 9.97 Å². The monoisotopic (exact) mass is 422 g/mol. The lowest BCUT2D eigenvalue weighted by atomic mass is 10.0. The molecule has 0 bridgehead atoms. The van der Waals surface area contributed by atoms with Crippen LogP contribution >= 0.6 is 0 Å². The first-order valence-electron chi connectivity index (χ1n) is 10.8. The third-order valence-electron chi connectivity index (χ3n) is 5.58. The van der Waals surface area contributed by atoms with Gasteiger partial charge in [0, 0.05) is 56.3 Å². The summed E-state index contributed by atoms with van der Waals surface area (Å²) in [7, 11) is 8.21. The smallest absolute Gasteiger partial charge is 0.138 e. The second-order valence-corrected chi connectivity index (χ2v) is 8.31. The molecule has 1 N–H and O–H groups in total. The van der Waals surface area contributed by atoms with Gasteiger partial charge in [-0.25, -0.2) is 4.98 Å². The van der Waals surface area contributed by atoms with E-state index in [1.807, 2.05) is 13.0 Å². The Balaban J connectivity index is 1.80. The van der Waals surface area contributed by atoms with Crippen LogP contribution in [0.2, 0.25) is 0 Å². The van der Waals surface area contributed by atoms with Crippen LogP contribution in [0.1, 0.15) is 12.5 Å². The number of hydrogen-bond acceptors (Lipinski definition) is 3. The molecule has 1 aromatic heterocycles. The van der Waals surface area contributed by atoms with Crippen LogP contribution in [0, 0.1) is 0 Å². The molecular weight excluding hydrogens is 392 g/mol. The molecule has 4 rings (SSSR count). The van der Waals surface area contributed by atoms with Crippen LogP contribution in [-0.2, 0) is 0 Å². The molecule has 1 heterocycles. The van der Waals surface area contributed by atoms with Crippen molar-refractivity contribution < 1.29 is 0 Å². The molecule has 0 spiro atoms. The Bertz CT molecular complexity index is 1130. The second kappa shape index (κ2) is 9.15. The fraction of sp³-hybridized carbons (Fsp3) is 0.179. The summed E-state index contributed by atoms with van der Waals surface area (Å²) >= 11 is 0. The minimum absolute atomic E-state index is 0.871. The minimum Gasteiger partial charge on any atom is -0.378 e. The first kappa shape index (κ1) is 21.4. The summed E-state index contributed by atoms with van der Waals surface area (Å²) in [6.07, 6.45) is 4.15. The molecule has 0 saturated carbocycles. The Kier molecular flexibility index (Phi) is 6.13. The Morgan fingerprint density at radius 3 is 1.66 bits per heavy atom.